The summed E-state index contributed by atoms with van der Waals surface area (Å²) >= 11 is 0. The third-order valence-electron chi connectivity index (χ3n) is 11.8. The van der Waals surface area contributed by atoms with Crippen molar-refractivity contribution in [3.8, 4) is 0 Å². The van der Waals surface area contributed by atoms with Crippen molar-refractivity contribution in [2.75, 3.05) is 34.4 Å². The Hall–Kier alpha value is -2.86. The minimum atomic E-state index is -0.869. The molecule has 0 saturated carbocycles. The zero-order chi connectivity index (χ0) is 38.0. The zero-order valence-corrected chi connectivity index (χ0v) is 32.8. The number of aliphatic hydroxyl groups excluding tert-OH is 1. The van der Waals surface area contributed by atoms with E-state index in [2.05, 4.69) is 24.5 Å². The van der Waals surface area contributed by atoms with Gasteiger partial charge in [0.05, 0.1) is 54.3 Å². The van der Waals surface area contributed by atoms with Gasteiger partial charge in [0.2, 0.25) is 17.7 Å². The maximum atomic E-state index is 14.2. The average molecular weight is 715 g/mol. The van der Waals surface area contributed by atoms with Gasteiger partial charge in [-0.3, -0.25) is 19.2 Å². The van der Waals surface area contributed by atoms with Crippen LogP contribution in [-0.2, 0) is 28.7 Å². The zero-order valence-electron chi connectivity index (χ0n) is 32.8. The highest BCUT2D eigenvalue weighted by molar-refractivity contribution is 5.92. The number of benzene rings is 1. The van der Waals surface area contributed by atoms with Crippen LogP contribution < -0.4 is 10.6 Å². The van der Waals surface area contributed by atoms with E-state index in [1.54, 1.807) is 40.0 Å². The Labute approximate surface area is 306 Å². The van der Waals surface area contributed by atoms with Gasteiger partial charge in [0.15, 0.2) is 5.78 Å². The van der Waals surface area contributed by atoms with Gasteiger partial charge < -0.3 is 35.0 Å². The number of hydrogen-bond acceptors (Lipinski definition) is 8. The number of carbonyl (C=O) groups is 4. The first-order chi connectivity index (χ1) is 24.1. The molecule has 2 aliphatic rings. The van der Waals surface area contributed by atoms with Crippen molar-refractivity contribution in [2.45, 2.75) is 135 Å². The van der Waals surface area contributed by atoms with Crippen molar-refractivity contribution in [3.05, 3.63) is 35.9 Å². The highest BCUT2D eigenvalue weighted by Crippen LogP contribution is 2.32. The lowest BCUT2D eigenvalue weighted by Gasteiger charge is -2.41. The van der Waals surface area contributed by atoms with E-state index < -0.39 is 47.8 Å². The fraction of sp³-hybridized carbons (Fsp3) is 0.750. The second-order valence-electron chi connectivity index (χ2n) is 15.6. The first kappa shape index (κ1) is 42.6. The molecular weight excluding hydrogens is 648 g/mol. The van der Waals surface area contributed by atoms with Gasteiger partial charge in [0.1, 0.15) is 0 Å². The summed E-state index contributed by atoms with van der Waals surface area (Å²) in [7, 11) is 4.92. The minimum absolute atomic E-state index is 0.0206. The maximum Gasteiger partial charge on any atom is 0.226 e. The van der Waals surface area contributed by atoms with Crippen LogP contribution in [0, 0.1) is 23.7 Å². The molecule has 51 heavy (non-hydrogen) atoms. The van der Waals surface area contributed by atoms with Gasteiger partial charge in [-0.1, -0.05) is 71.4 Å². The van der Waals surface area contributed by atoms with E-state index in [9.17, 15) is 24.3 Å². The Morgan fingerprint density at radius 3 is 2.25 bits per heavy atom. The molecule has 2 saturated heterocycles. The number of rotatable bonds is 19. The number of aliphatic hydroxyl groups is 1. The SMILES string of the molecule is CC[C@H](C)[C@@H]([C@@H](CC(=O)N1CCC[C@H]1[C@H](OC)[C@@H](C)C(=O)N[C@H](C)[C@@H](O)c1ccccc1)OC)N(C)C(=O)[C@@H](CC(=O)[C@]1(C)CCCN1)C(C)C. The number of nitrogens with zero attached hydrogens (tertiary/aromatic N) is 2. The predicted molar refractivity (Wildman–Crippen MR) is 199 cm³/mol. The molecule has 2 aliphatic heterocycles. The topological polar surface area (TPSA) is 138 Å². The Kier molecular flexibility index (Phi) is 16.1. The third-order valence-corrected chi connectivity index (χ3v) is 11.8. The standard InChI is InChI=1S/C40H66N4O7/c1-11-26(4)35(43(8)39(49)30(25(2)3)23-33(45)40(7)20-16-21-41-40)32(50-9)24-34(46)44-22-15-19-31(44)37(51-10)27(5)38(48)42-28(6)36(47)29-17-13-12-14-18-29/h12-14,17-18,25-28,30-32,35-37,41,47H,11,15-16,19-24H2,1-10H3,(H,42,48)/t26-,27+,28+,30-,31-,32+,35-,36+,37+,40-/m0/s1. The van der Waals surface area contributed by atoms with Crippen LogP contribution in [-0.4, -0.2) is 109 Å². The molecule has 10 atom stereocenters. The second-order valence-corrected chi connectivity index (χ2v) is 15.6. The lowest BCUT2D eigenvalue weighted by atomic mass is 9.82. The Bertz CT molecular complexity index is 1290. The summed E-state index contributed by atoms with van der Waals surface area (Å²) in [6.45, 7) is 14.9. The van der Waals surface area contributed by atoms with Crippen molar-refractivity contribution in [1.82, 2.24) is 20.4 Å². The van der Waals surface area contributed by atoms with Crippen molar-refractivity contribution < 1.29 is 33.8 Å². The van der Waals surface area contributed by atoms with Gasteiger partial charge in [0.25, 0.3) is 0 Å². The highest BCUT2D eigenvalue weighted by Gasteiger charge is 2.44. The van der Waals surface area contributed by atoms with E-state index in [1.165, 1.54) is 0 Å². The summed E-state index contributed by atoms with van der Waals surface area (Å²) in [5.74, 6) is -1.52. The van der Waals surface area contributed by atoms with Gasteiger partial charge in [-0.15, -0.1) is 0 Å². The summed E-state index contributed by atoms with van der Waals surface area (Å²) in [6.07, 6.45) is 2.15. The number of amides is 3. The Balaban J connectivity index is 1.74. The van der Waals surface area contributed by atoms with Gasteiger partial charge in [-0.2, -0.15) is 0 Å². The molecule has 0 radical (unpaired) electrons. The van der Waals surface area contributed by atoms with E-state index in [4.69, 9.17) is 9.47 Å². The summed E-state index contributed by atoms with van der Waals surface area (Å²) in [4.78, 5) is 58.8. The number of likely N-dealkylation sites (N-methyl/N-ethyl adjacent to an activating group) is 1. The number of nitrogens with one attached hydrogen (secondary N) is 2. The Morgan fingerprint density at radius 2 is 1.71 bits per heavy atom. The van der Waals surface area contributed by atoms with Crippen LogP contribution in [0.25, 0.3) is 0 Å². The van der Waals surface area contributed by atoms with E-state index in [1.807, 2.05) is 56.0 Å². The van der Waals surface area contributed by atoms with Gasteiger partial charge >= 0.3 is 0 Å². The normalized spacial score (nSPS) is 23.9. The fourth-order valence-electron chi connectivity index (χ4n) is 8.11. The van der Waals surface area contributed by atoms with Crippen LogP contribution in [0.3, 0.4) is 0 Å². The van der Waals surface area contributed by atoms with Crippen LogP contribution in [0.5, 0.6) is 0 Å². The molecule has 11 nitrogen and oxygen atoms in total. The Morgan fingerprint density at radius 1 is 1.04 bits per heavy atom. The van der Waals surface area contributed by atoms with E-state index in [0.29, 0.717) is 18.5 Å². The van der Waals surface area contributed by atoms with Gasteiger partial charge in [-0.05, 0) is 63.5 Å². The molecule has 0 spiro atoms. The molecule has 11 heteroatoms. The lowest BCUT2D eigenvalue weighted by Crippen LogP contribution is -2.55. The van der Waals surface area contributed by atoms with Crippen LogP contribution in [0.1, 0.15) is 105 Å². The molecule has 288 valence electrons. The monoisotopic (exact) mass is 714 g/mol. The first-order valence-corrected chi connectivity index (χ1v) is 19.0. The number of ether oxygens (including phenoxy) is 2. The molecule has 2 fully saturated rings. The fourth-order valence-corrected chi connectivity index (χ4v) is 8.11. The predicted octanol–water partition coefficient (Wildman–Crippen LogP) is 4.52. The molecule has 0 unspecified atom stereocenters. The number of likely N-dealkylation sites (tertiary alicyclic amines) is 1. The third kappa shape index (κ3) is 10.4. The molecule has 2 heterocycles. The maximum absolute atomic E-state index is 14.2. The highest BCUT2D eigenvalue weighted by atomic mass is 16.5. The van der Waals surface area contributed by atoms with Crippen LogP contribution in [0.4, 0.5) is 0 Å². The molecular formula is C40H66N4O7. The second kappa shape index (κ2) is 19.3. The van der Waals surface area contributed by atoms with Crippen LogP contribution >= 0.6 is 0 Å². The number of Topliss-reactive ketones (excluding diaryl/α,β-unsaturated/α-hetero) is 1. The van der Waals surface area contributed by atoms with E-state index >= 15 is 0 Å². The summed E-state index contributed by atoms with van der Waals surface area (Å²) < 4.78 is 11.9. The molecule has 3 N–H and O–H groups in total. The quantitative estimate of drug-likeness (QED) is 0.190. The number of hydrogen-bond donors (Lipinski definition) is 3. The van der Waals surface area contributed by atoms with Crippen LogP contribution in [0.15, 0.2) is 30.3 Å². The summed E-state index contributed by atoms with van der Waals surface area (Å²) in [6, 6.07) is 7.96. The van der Waals surface area contributed by atoms with Gasteiger partial charge in [0, 0.05) is 40.2 Å². The van der Waals surface area contributed by atoms with E-state index in [-0.39, 0.29) is 54.2 Å². The van der Waals surface area contributed by atoms with Crippen molar-refractivity contribution in [1.29, 1.82) is 0 Å². The lowest BCUT2D eigenvalue weighted by molar-refractivity contribution is -0.149. The van der Waals surface area contributed by atoms with Crippen molar-refractivity contribution in [3.63, 3.8) is 0 Å². The molecule has 0 aromatic heterocycles. The summed E-state index contributed by atoms with van der Waals surface area (Å²) in [5, 5.41) is 17.1. The van der Waals surface area contributed by atoms with E-state index in [0.717, 1.165) is 32.2 Å². The first-order valence-electron chi connectivity index (χ1n) is 19.0. The summed E-state index contributed by atoms with van der Waals surface area (Å²) in [5.41, 5.74) is 0.115. The molecule has 0 aliphatic carbocycles. The minimum Gasteiger partial charge on any atom is -0.386 e. The molecule has 3 amide bonds. The van der Waals surface area contributed by atoms with Crippen LogP contribution in [0.2, 0.25) is 0 Å². The number of carbonyl (C=O) groups excluding carboxylic acids is 4. The van der Waals surface area contributed by atoms with Crippen molar-refractivity contribution in [2.24, 2.45) is 23.7 Å². The van der Waals surface area contributed by atoms with Crippen molar-refractivity contribution >= 4 is 23.5 Å². The largest absolute Gasteiger partial charge is 0.386 e. The molecule has 0 bridgehead atoms. The smallest absolute Gasteiger partial charge is 0.226 e. The number of methoxy groups -OCH3 is 2. The molecule has 3 rings (SSSR count). The van der Waals surface area contributed by atoms with Gasteiger partial charge in [-0.25, -0.2) is 0 Å². The molecule has 1 aromatic rings. The molecule has 1 aromatic carbocycles. The average Bonchev–Trinajstić information content (AvgIpc) is 3.80. The number of ketones is 1.